The number of fused-ring (bicyclic) bond motifs is 1. The van der Waals surface area contributed by atoms with Gasteiger partial charge in [0.1, 0.15) is 5.69 Å². The highest BCUT2D eigenvalue weighted by molar-refractivity contribution is 5.94. The molecule has 1 aromatic carbocycles. The molecule has 2 unspecified atom stereocenters. The van der Waals surface area contributed by atoms with Crippen molar-refractivity contribution in [2.45, 2.75) is 38.1 Å². The van der Waals surface area contributed by atoms with Crippen LogP contribution in [0.2, 0.25) is 0 Å². The Morgan fingerprint density at radius 1 is 1.26 bits per heavy atom. The Morgan fingerprint density at radius 3 is 2.70 bits per heavy atom. The summed E-state index contributed by atoms with van der Waals surface area (Å²) in [6.45, 7) is 2.81. The van der Waals surface area contributed by atoms with E-state index in [2.05, 4.69) is 34.3 Å². The molecule has 1 saturated heterocycles. The number of likely N-dealkylation sites (tertiary alicyclic amines) is 1. The SMILES string of the molecule is Cc1cc(C(=O)N2CC3CCCCC32c2ccccc2)n(C)n1. The minimum Gasteiger partial charge on any atom is -0.327 e. The molecular formula is C19H23N3O. The van der Waals surface area contributed by atoms with Crippen LogP contribution in [0.4, 0.5) is 0 Å². The molecule has 1 saturated carbocycles. The van der Waals surface area contributed by atoms with E-state index in [0.29, 0.717) is 11.6 Å². The summed E-state index contributed by atoms with van der Waals surface area (Å²) in [6.07, 6.45) is 4.78. The first-order valence-corrected chi connectivity index (χ1v) is 8.51. The van der Waals surface area contributed by atoms with Gasteiger partial charge in [-0.15, -0.1) is 0 Å². The maximum Gasteiger partial charge on any atom is 0.272 e. The fraction of sp³-hybridized carbons (Fsp3) is 0.474. The van der Waals surface area contributed by atoms with Crippen LogP contribution in [0.25, 0.3) is 0 Å². The molecule has 2 aliphatic rings. The number of carbonyl (C=O) groups excluding carboxylic acids is 1. The second-order valence-corrected chi connectivity index (χ2v) is 6.94. The average Bonchev–Trinajstić information content (AvgIpc) is 2.88. The quantitative estimate of drug-likeness (QED) is 0.854. The lowest BCUT2D eigenvalue weighted by Crippen LogP contribution is -2.67. The summed E-state index contributed by atoms with van der Waals surface area (Å²) >= 11 is 0. The van der Waals surface area contributed by atoms with Crippen molar-refractivity contribution in [1.29, 1.82) is 0 Å². The van der Waals surface area contributed by atoms with Crippen LogP contribution in [0.3, 0.4) is 0 Å². The van der Waals surface area contributed by atoms with Crippen molar-refractivity contribution in [2.75, 3.05) is 6.54 Å². The van der Waals surface area contributed by atoms with Gasteiger partial charge >= 0.3 is 0 Å². The zero-order valence-electron chi connectivity index (χ0n) is 13.8. The summed E-state index contributed by atoms with van der Waals surface area (Å²) in [5.74, 6) is 0.715. The Balaban J connectivity index is 1.74. The number of hydrogen-bond acceptors (Lipinski definition) is 2. The molecule has 0 spiro atoms. The summed E-state index contributed by atoms with van der Waals surface area (Å²) < 4.78 is 1.71. The lowest BCUT2D eigenvalue weighted by atomic mass is 9.61. The third-order valence-electron chi connectivity index (χ3n) is 5.66. The summed E-state index contributed by atoms with van der Waals surface area (Å²) in [6, 6.07) is 12.5. The Labute approximate surface area is 137 Å². The largest absolute Gasteiger partial charge is 0.327 e. The van der Waals surface area contributed by atoms with E-state index in [-0.39, 0.29) is 11.4 Å². The van der Waals surface area contributed by atoms with Gasteiger partial charge in [-0.2, -0.15) is 5.10 Å². The van der Waals surface area contributed by atoms with Crippen LogP contribution in [-0.4, -0.2) is 27.1 Å². The molecular weight excluding hydrogens is 286 g/mol. The van der Waals surface area contributed by atoms with E-state index in [4.69, 9.17) is 0 Å². The summed E-state index contributed by atoms with van der Waals surface area (Å²) in [7, 11) is 1.85. The van der Waals surface area contributed by atoms with E-state index in [0.717, 1.165) is 18.7 Å². The first-order chi connectivity index (χ1) is 11.1. The van der Waals surface area contributed by atoms with E-state index in [1.807, 2.05) is 26.1 Å². The molecule has 1 aliphatic heterocycles. The normalized spacial score (nSPS) is 26.5. The molecule has 1 aliphatic carbocycles. The highest BCUT2D eigenvalue weighted by Gasteiger charge is 2.57. The maximum absolute atomic E-state index is 13.2. The lowest BCUT2D eigenvalue weighted by molar-refractivity contribution is -0.0873. The van der Waals surface area contributed by atoms with E-state index >= 15 is 0 Å². The minimum atomic E-state index is -0.102. The van der Waals surface area contributed by atoms with Crippen molar-refractivity contribution >= 4 is 5.91 Å². The van der Waals surface area contributed by atoms with Gasteiger partial charge < -0.3 is 4.90 Å². The standard InChI is InChI=1S/C19H23N3O/c1-14-12-17(21(2)20-14)18(23)22-13-16-10-6-7-11-19(16,22)15-8-4-3-5-9-15/h3-5,8-9,12,16H,6-7,10-11,13H2,1-2H3. The Hall–Kier alpha value is -2.10. The van der Waals surface area contributed by atoms with Gasteiger partial charge in [-0.05, 0) is 31.4 Å². The number of carbonyl (C=O) groups is 1. The van der Waals surface area contributed by atoms with Crippen LogP contribution < -0.4 is 0 Å². The molecule has 120 valence electrons. The van der Waals surface area contributed by atoms with Gasteiger partial charge in [0.25, 0.3) is 5.91 Å². The zero-order valence-corrected chi connectivity index (χ0v) is 13.8. The number of aromatic nitrogens is 2. The fourth-order valence-corrected chi connectivity index (χ4v) is 4.57. The fourth-order valence-electron chi connectivity index (χ4n) is 4.57. The summed E-state index contributed by atoms with van der Waals surface area (Å²) in [5.41, 5.74) is 2.78. The van der Waals surface area contributed by atoms with Crippen LogP contribution >= 0.6 is 0 Å². The number of hydrogen-bond donors (Lipinski definition) is 0. The van der Waals surface area contributed by atoms with Crippen molar-refractivity contribution in [3.63, 3.8) is 0 Å². The predicted molar refractivity (Wildman–Crippen MR) is 89.1 cm³/mol. The Kier molecular flexibility index (Phi) is 3.29. The topological polar surface area (TPSA) is 38.1 Å². The highest BCUT2D eigenvalue weighted by Crippen LogP contribution is 2.54. The molecule has 2 aromatic rings. The van der Waals surface area contributed by atoms with Crippen molar-refractivity contribution < 1.29 is 4.79 Å². The smallest absolute Gasteiger partial charge is 0.272 e. The average molecular weight is 309 g/mol. The second-order valence-electron chi connectivity index (χ2n) is 6.94. The van der Waals surface area contributed by atoms with Gasteiger partial charge in [0.15, 0.2) is 0 Å². The Bertz CT molecular complexity index is 736. The minimum absolute atomic E-state index is 0.102. The van der Waals surface area contributed by atoms with Gasteiger partial charge in [0.05, 0.1) is 11.2 Å². The number of rotatable bonds is 2. The number of benzene rings is 1. The van der Waals surface area contributed by atoms with Gasteiger partial charge in [-0.25, -0.2) is 0 Å². The van der Waals surface area contributed by atoms with Gasteiger partial charge in [-0.1, -0.05) is 43.2 Å². The predicted octanol–water partition coefficient (Wildman–Crippen LogP) is 3.27. The van der Waals surface area contributed by atoms with Crippen molar-refractivity contribution in [2.24, 2.45) is 13.0 Å². The Morgan fingerprint density at radius 2 is 2.04 bits per heavy atom. The van der Waals surface area contributed by atoms with Gasteiger partial charge in [0, 0.05) is 19.5 Å². The molecule has 2 heterocycles. The molecule has 4 nitrogen and oxygen atoms in total. The molecule has 0 bridgehead atoms. The second kappa shape index (κ2) is 5.22. The van der Waals surface area contributed by atoms with E-state index in [1.165, 1.54) is 24.8 Å². The number of nitrogens with zero attached hydrogens (tertiary/aromatic N) is 3. The van der Waals surface area contributed by atoms with E-state index in [9.17, 15) is 4.79 Å². The van der Waals surface area contributed by atoms with Crippen molar-refractivity contribution in [3.05, 3.63) is 53.3 Å². The third kappa shape index (κ3) is 2.04. The van der Waals surface area contributed by atoms with Crippen LogP contribution in [0, 0.1) is 12.8 Å². The van der Waals surface area contributed by atoms with Crippen LogP contribution in [0.5, 0.6) is 0 Å². The molecule has 0 N–H and O–H groups in total. The monoisotopic (exact) mass is 309 g/mol. The number of aryl methyl sites for hydroxylation is 2. The van der Waals surface area contributed by atoms with Crippen LogP contribution in [0.15, 0.2) is 36.4 Å². The van der Waals surface area contributed by atoms with Crippen molar-refractivity contribution in [1.82, 2.24) is 14.7 Å². The third-order valence-corrected chi connectivity index (χ3v) is 5.66. The van der Waals surface area contributed by atoms with Gasteiger partial charge in [-0.3, -0.25) is 9.48 Å². The molecule has 1 aromatic heterocycles. The lowest BCUT2D eigenvalue weighted by Gasteiger charge is -2.61. The summed E-state index contributed by atoms with van der Waals surface area (Å²) in [5, 5.41) is 4.34. The van der Waals surface area contributed by atoms with Crippen LogP contribution in [-0.2, 0) is 12.6 Å². The first-order valence-electron chi connectivity index (χ1n) is 8.51. The first kappa shape index (κ1) is 14.5. The van der Waals surface area contributed by atoms with Crippen molar-refractivity contribution in [3.8, 4) is 0 Å². The molecule has 2 fully saturated rings. The maximum atomic E-state index is 13.2. The number of amides is 1. The van der Waals surface area contributed by atoms with E-state index in [1.54, 1.807) is 4.68 Å². The van der Waals surface area contributed by atoms with Gasteiger partial charge in [0.2, 0.25) is 0 Å². The van der Waals surface area contributed by atoms with E-state index < -0.39 is 0 Å². The molecule has 1 amide bonds. The highest BCUT2D eigenvalue weighted by atomic mass is 16.2. The van der Waals surface area contributed by atoms with Crippen LogP contribution in [0.1, 0.15) is 47.4 Å². The molecule has 23 heavy (non-hydrogen) atoms. The molecule has 4 heteroatoms. The molecule has 0 radical (unpaired) electrons. The summed E-state index contributed by atoms with van der Waals surface area (Å²) in [4.78, 5) is 15.3. The molecule has 2 atom stereocenters. The zero-order chi connectivity index (χ0) is 16.0. The molecule has 4 rings (SSSR count).